The molecule has 14 heavy (non-hydrogen) atoms. The van der Waals surface area contributed by atoms with Crippen LogP contribution in [0.15, 0.2) is 12.1 Å². The number of rotatable bonds is 3. The normalized spacial score (nSPS) is 10.4. The predicted molar refractivity (Wildman–Crippen MR) is 56.7 cm³/mol. The van der Waals surface area contributed by atoms with Crippen molar-refractivity contribution >= 4 is 24.2 Å². The summed E-state index contributed by atoms with van der Waals surface area (Å²) in [5.41, 5.74) is 2.20. The van der Waals surface area contributed by atoms with Gasteiger partial charge in [-0.3, -0.25) is 0 Å². The van der Waals surface area contributed by atoms with Gasteiger partial charge in [0.05, 0.1) is 6.61 Å². The van der Waals surface area contributed by atoms with Crippen LogP contribution in [-0.4, -0.2) is 24.3 Å². The number of hydrogen-bond donors (Lipinski definition) is 2. The molecule has 0 amide bonds. The van der Waals surface area contributed by atoms with E-state index in [1.165, 1.54) is 0 Å². The number of ether oxygens (including phenoxy) is 1. The Morgan fingerprint density at radius 1 is 1.43 bits per heavy atom. The summed E-state index contributed by atoms with van der Waals surface area (Å²) in [6, 6.07) is 3.34. The second-order valence-electron chi connectivity index (χ2n) is 3.11. The lowest BCUT2D eigenvalue weighted by Crippen LogP contribution is -2.31. The van der Waals surface area contributed by atoms with Crippen LogP contribution in [0, 0.1) is 6.92 Å². The van der Waals surface area contributed by atoms with Gasteiger partial charge in [-0.15, -0.1) is 0 Å². The van der Waals surface area contributed by atoms with Gasteiger partial charge in [0.2, 0.25) is 0 Å². The second-order valence-corrected chi connectivity index (χ2v) is 3.51. The van der Waals surface area contributed by atoms with Crippen LogP contribution in [-0.2, 0) is 11.3 Å². The Bertz CT molecular complexity index is 328. The molecule has 0 saturated heterocycles. The molecule has 0 aliphatic rings. The summed E-state index contributed by atoms with van der Waals surface area (Å²) in [4.78, 5) is 0. The average Bonchev–Trinajstić information content (AvgIpc) is 2.10. The molecule has 76 valence electrons. The second kappa shape index (κ2) is 4.80. The quantitative estimate of drug-likeness (QED) is 0.720. The van der Waals surface area contributed by atoms with Gasteiger partial charge in [0.1, 0.15) is 0 Å². The van der Waals surface area contributed by atoms with Crippen LogP contribution < -0.4 is 5.46 Å². The summed E-state index contributed by atoms with van der Waals surface area (Å²) in [6.45, 7) is 2.34. The topological polar surface area (TPSA) is 49.7 Å². The Kier molecular flexibility index (Phi) is 3.95. The Hall–Kier alpha value is -0.545. The first kappa shape index (κ1) is 11.5. The minimum atomic E-state index is -1.53. The van der Waals surface area contributed by atoms with Crippen LogP contribution in [0.5, 0.6) is 0 Å². The Balaban J connectivity index is 3.10. The molecule has 0 aliphatic heterocycles. The van der Waals surface area contributed by atoms with Crippen molar-refractivity contribution in [1.29, 1.82) is 0 Å². The zero-order valence-electron chi connectivity index (χ0n) is 8.12. The molecule has 0 aromatic heterocycles. The summed E-state index contributed by atoms with van der Waals surface area (Å²) in [7, 11) is 0.0695. The summed E-state index contributed by atoms with van der Waals surface area (Å²) in [5, 5.41) is 18.3. The third-order valence-electron chi connectivity index (χ3n) is 2.03. The number of hydrogen-bond acceptors (Lipinski definition) is 3. The predicted octanol–water partition coefficient (Wildman–Crippen LogP) is 0.475. The van der Waals surface area contributed by atoms with E-state index in [0.717, 1.165) is 11.1 Å². The number of benzene rings is 1. The third-order valence-corrected chi connectivity index (χ3v) is 2.36. The lowest BCUT2D eigenvalue weighted by atomic mass is 9.79. The highest BCUT2D eigenvalue weighted by Gasteiger charge is 2.16. The van der Waals surface area contributed by atoms with E-state index in [0.29, 0.717) is 17.1 Å². The maximum Gasteiger partial charge on any atom is 0.489 e. The number of aryl methyl sites for hydroxylation is 1. The van der Waals surface area contributed by atoms with Crippen molar-refractivity contribution in [1.82, 2.24) is 0 Å². The van der Waals surface area contributed by atoms with E-state index in [9.17, 15) is 0 Å². The summed E-state index contributed by atoms with van der Waals surface area (Å²) in [5.74, 6) is 0. The van der Waals surface area contributed by atoms with Crippen LogP contribution in [0.3, 0.4) is 0 Å². The van der Waals surface area contributed by atoms with Crippen molar-refractivity contribution in [3.63, 3.8) is 0 Å². The lowest BCUT2D eigenvalue weighted by molar-refractivity contribution is 0.184. The maximum absolute atomic E-state index is 8.99. The highest BCUT2D eigenvalue weighted by Crippen LogP contribution is 2.14. The van der Waals surface area contributed by atoms with Gasteiger partial charge in [-0.05, 0) is 24.1 Å². The third kappa shape index (κ3) is 2.48. The zero-order chi connectivity index (χ0) is 10.7. The largest absolute Gasteiger partial charge is 0.489 e. The molecule has 0 bridgehead atoms. The van der Waals surface area contributed by atoms with Gasteiger partial charge in [-0.2, -0.15) is 0 Å². The highest BCUT2D eigenvalue weighted by atomic mass is 35.5. The smallest absolute Gasteiger partial charge is 0.423 e. The van der Waals surface area contributed by atoms with Gasteiger partial charge in [0.25, 0.3) is 0 Å². The fourth-order valence-electron chi connectivity index (χ4n) is 1.25. The average molecular weight is 214 g/mol. The molecular formula is C9H12BClO3. The van der Waals surface area contributed by atoms with Gasteiger partial charge < -0.3 is 14.8 Å². The van der Waals surface area contributed by atoms with E-state index in [2.05, 4.69) is 0 Å². The van der Waals surface area contributed by atoms with E-state index in [1.807, 2.05) is 6.92 Å². The molecule has 0 saturated carbocycles. The summed E-state index contributed by atoms with van der Waals surface area (Å²) < 4.78 is 4.98. The van der Waals surface area contributed by atoms with E-state index in [1.54, 1.807) is 19.2 Å². The minimum absolute atomic E-state index is 0.323. The molecular weight excluding hydrogens is 202 g/mol. The van der Waals surface area contributed by atoms with E-state index in [-0.39, 0.29) is 0 Å². The molecule has 2 N–H and O–H groups in total. The highest BCUT2D eigenvalue weighted by molar-refractivity contribution is 6.62. The fraction of sp³-hybridized carbons (Fsp3) is 0.333. The van der Waals surface area contributed by atoms with Crippen molar-refractivity contribution in [2.24, 2.45) is 0 Å². The standard InChI is InChI=1S/C9H12BClO3/c1-6-3-8(10(12)13)9(11)4-7(6)5-14-2/h3-4,12-13H,5H2,1-2H3. The summed E-state index contributed by atoms with van der Waals surface area (Å²) in [6.07, 6.45) is 0. The van der Waals surface area contributed by atoms with Crippen LogP contribution in [0.25, 0.3) is 0 Å². The monoisotopic (exact) mass is 214 g/mol. The van der Waals surface area contributed by atoms with Crippen molar-refractivity contribution in [2.75, 3.05) is 7.11 Å². The van der Waals surface area contributed by atoms with E-state index >= 15 is 0 Å². The zero-order valence-corrected chi connectivity index (χ0v) is 8.88. The van der Waals surface area contributed by atoms with Gasteiger partial charge in [-0.25, -0.2) is 0 Å². The number of halogens is 1. The minimum Gasteiger partial charge on any atom is -0.423 e. The molecule has 0 fully saturated rings. The van der Waals surface area contributed by atoms with Crippen LogP contribution in [0.4, 0.5) is 0 Å². The molecule has 0 atom stereocenters. The maximum atomic E-state index is 8.99. The van der Waals surface area contributed by atoms with Crippen LogP contribution in [0.1, 0.15) is 11.1 Å². The van der Waals surface area contributed by atoms with Gasteiger partial charge in [0.15, 0.2) is 0 Å². The first-order chi connectivity index (χ1) is 6.56. The fourth-order valence-corrected chi connectivity index (χ4v) is 1.54. The molecule has 1 aromatic carbocycles. The van der Waals surface area contributed by atoms with Gasteiger partial charge >= 0.3 is 7.12 Å². The first-order valence-electron chi connectivity index (χ1n) is 4.20. The van der Waals surface area contributed by atoms with Crippen LogP contribution in [0.2, 0.25) is 5.02 Å². The van der Waals surface area contributed by atoms with E-state index in [4.69, 9.17) is 26.4 Å². The van der Waals surface area contributed by atoms with Crippen molar-refractivity contribution in [3.8, 4) is 0 Å². The molecule has 0 spiro atoms. The molecule has 0 unspecified atom stereocenters. The Morgan fingerprint density at radius 3 is 2.57 bits per heavy atom. The molecule has 5 heteroatoms. The van der Waals surface area contributed by atoms with Crippen molar-refractivity contribution in [3.05, 3.63) is 28.3 Å². The summed E-state index contributed by atoms with van der Waals surface area (Å²) >= 11 is 5.86. The Labute approximate surface area is 88.4 Å². The van der Waals surface area contributed by atoms with Crippen LogP contribution >= 0.6 is 11.6 Å². The molecule has 0 aliphatic carbocycles. The SMILES string of the molecule is COCc1cc(Cl)c(B(O)O)cc1C. The molecule has 3 nitrogen and oxygen atoms in total. The molecule has 0 heterocycles. The first-order valence-corrected chi connectivity index (χ1v) is 4.58. The molecule has 1 rings (SSSR count). The van der Waals surface area contributed by atoms with Gasteiger partial charge in [-0.1, -0.05) is 17.7 Å². The Morgan fingerprint density at radius 2 is 2.07 bits per heavy atom. The molecule has 1 aromatic rings. The van der Waals surface area contributed by atoms with Crippen molar-refractivity contribution in [2.45, 2.75) is 13.5 Å². The van der Waals surface area contributed by atoms with E-state index < -0.39 is 7.12 Å². The number of methoxy groups -OCH3 is 1. The van der Waals surface area contributed by atoms with Crippen molar-refractivity contribution < 1.29 is 14.8 Å². The lowest BCUT2D eigenvalue weighted by Gasteiger charge is -2.09. The molecule has 0 radical (unpaired) electrons. The van der Waals surface area contributed by atoms with Gasteiger partial charge in [0, 0.05) is 17.6 Å².